The molecule has 0 fully saturated rings. The van der Waals surface area contributed by atoms with Gasteiger partial charge in [0, 0.05) is 54.6 Å². The number of benzene rings is 1. The molecule has 0 saturated heterocycles. The van der Waals surface area contributed by atoms with Gasteiger partial charge >= 0.3 is 0 Å². The van der Waals surface area contributed by atoms with Crippen molar-refractivity contribution in [2.75, 3.05) is 37.5 Å². The number of aromatic nitrogens is 2. The Morgan fingerprint density at radius 1 is 1.03 bits per heavy atom. The second kappa shape index (κ2) is 11.4. The van der Waals surface area contributed by atoms with Gasteiger partial charge in [0.15, 0.2) is 0 Å². The highest BCUT2D eigenvalue weighted by molar-refractivity contribution is 7.98. The minimum atomic E-state index is -0.209. The molecule has 2 aromatic heterocycles. The zero-order valence-electron chi connectivity index (χ0n) is 18.8. The molecule has 32 heavy (non-hydrogen) atoms. The molecule has 0 atom stereocenters. The summed E-state index contributed by atoms with van der Waals surface area (Å²) in [4.78, 5) is 24.0. The number of anilines is 2. The summed E-state index contributed by atoms with van der Waals surface area (Å²) < 4.78 is 10.7. The maximum Gasteiger partial charge on any atom is 0.258 e. The number of carbonyl (C=O) groups excluding carboxylic acids is 1. The summed E-state index contributed by atoms with van der Waals surface area (Å²) in [5.41, 5.74) is 2.21. The average molecular weight is 453 g/mol. The van der Waals surface area contributed by atoms with Crippen molar-refractivity contribution in [2.24, 2.45) is 0 Å². The molecule has 1 N–H and O–H groups in total. The largest absolute Gasteiger partial charge is 0.497 e. The molecule has 0 saturated carbocycles. The van der Waals surface area contributed by atoms with E-state index in [1.54, 1.807) is 44.8 Å². The van der Waals surface area contributed by atoms with Crippen molar-refractivity contribution in [1.82, 2.24) is 9.97 Å². The van der Waals surface area contributed by atoms with Gasteiger partial charge in [-0.1, -0.05) is 6.07 Å². The van der Waals surface area contributed by atoms with Crippen LogP contribution < -0.4 is 19.7 Å². The van der Waals surface area contributed by atoms with E-state index in [9.17, 15) is 4.79 Å². The third-order valence-corrected chi connectivity index (χ3v) is 6.02. The highest BCUT2D eigenvalue weighted by atomic mass is 32.2. The SMILES string of the molecule is CCN(CC)c1cc(NC(=O)c2cccnc2SCc2ccc(OC)cc2OC)ccn1. The van der Waals surface area contributed by atoms with Crippen LogP contribution in [-0.4, -0.2) is 43.2 Å². The number of ether oxygens (including phenoxy) is 2. The summed E-state index contributed by atoms with van der Waals surface area (Å²) in [5.74, 6) is 2.69. The molecule has 8 heteroatoms. The van der Waals surface area contributed by atoms with E-state index in [-0.39, 0.29) is 5.91 Å². The Balaban J connectivity index is 1.75. The van der Waals surface area contributed by atoms with E-state index >= 15 is 0 Å². The van der Waals surface area contributed by atoms with Crippen molar-refractivity contribution in [3.8, 4) is 11.5 Å². The molecule has 168 valence electrons. The van der Waals surface area contributed by atoms with Gasteiger partial charge in [-0.2, -0.15) is 0 Å². The van der Waals surface area contributed by atoms with Crippen LogP contribution >= 0.6 is 11.8 Å². The number of thioether (sulfide) groups is 1. The summed E-state index contributed by atoms with van der Waals surface area (Å²) in [7, 11) is 3.25. The molecule has 0 radical (unpaired) electrons. The molecular weight excluding hydrogens is 424 g/mol. The van der Waals surface area contributed by atoms with E-state index in [0.29, 0.717) is 22.0 Å². The Kier molecular flexibility index (Phi) is 8.33. The number of pyridine rings is 2. The highest BCUT2D eigenvalue weighted by Gasteiger charge is 2.15. The molecule has 0 aliphatic heterocycles. The van der Waals surface area contributed by atoms with Gasteiger partial charge in [-0.15, -0.1) is 11.8 Å². The molecule has 0 unspecified atom stereocenters. The van der Waals surface area contributed by atoms with E-state index in [0.717, 1.165) is 36.0 Å². The van der Waals surface area contributed by atoms with Gasteiger partial charge in [0.05, 0.1) is 19.8 Å². The molecule has 0 bridgehead atoms. The van der Waals surface area contributed by atoms with Gasteiger partial charge in [-0.3, -0.25) is 4.79 Å². The topological polar surface area (TPSA) is 76.6 Å². The zero-order chi connectivity index (χ0) is 22.9. The van der Waals surface area contributed by atoms with Crippen LogP contribution in [-0.2, 0) is 5.75 Å². The fourth-order valence-corrected chi connectivity index (χ4v) is 4.19. The van der Waals surface area contributed by atoms with E-state index in [2.05, 4.69) is 34.0 Å². The first kappa shape index (κ1) is 23.4. The number of amides is 1. The van der Waals surface area contributed by atoms with Crippen molar-refractivity contribution in [2.45, 2.75) is 24.6 Å². The Bertz CT molecular complexity index is 1060. The van der Waals surface area contributed by atoms with Gasteiger partial charge < -0.3 is 19.7 Å². The summed E-state index contributed by atoms with van der Waals surface area (Å²) in [6.45, 7) is 5.85. The van der Waals surface area contributed by atoms with E-state index in [1.807, 2.05) is 24.3 Å². The molecular formula is C24H28N4O3S. The average Bonchev–Trinajstić information content (AvgIpc) is 2.83. The van der Waals surface area contributed by atoms with E-state index in [4.69, 9.17) is 9.47 Å². The first-order valence-corrected chi connectivity index (χ1v) is 11.4. The van der Waals surface area contributed by atoms with E-state index < -0.39 is 0 Å². The van der Waals surface area contributed by atoms with Crippen LogP contribution in [0.1, 0.15) is 29.8 Å². The summed E-state index contributed by atoms with van der Waals surface area (Å²) in [6.07, 6.45) is 3.40. The van der Waals surface area contributed by atoms with Crippen molar-refractivity contribution >= 4 is 29.2 Å². The van der Waals surface area contributed by atoms with Crippen LogP contribution in [0, 0.1) is 0 Å². The predicted molar refractivity (Wildman–Crippen MR) is 129 cm³/mol. The molecule has 7 nitrogen and oxygen atoms in total. The molecule has 0 aliphatic carbocycles. The monoisotopic (exact) mass is 452 g/mol. The number of hydrogen-bond donors (Lipinski definition) is 1. The maximum absolute atomic E-state index is 13.0. The molecule has 0 spiro atoms. The number of hydrogen-bond acceptors (Lipinski definition) is 7. The van der Waals surface area contributed by atoms with Crippen LogP contribution in [0.4, 0.5) is 11.5 Å². The first-order chi connectivity index (χ1) is 15.6. The summed E-state index contributed by atoms with van der Waals surface area (Å²) in [6, 6.07) is 12.9. The number of carbonyl (C=O) groups is 1. The third-order valence-electron chi connectivity index (χ3n) is 4.97. The highest BCUT2D eigenvalue weighted by Crippen LogP contribution is 2.31. The smallest absolute Gasteiger partial charge is 0.258 e. The van der Waals surface area contributed by atoms with Gasteiger partial charge in [0.1, 0.15) is 22.3 Å². The molecule has 1 amide bonds. The quantitative estimate of drug-likeness (QED) is 0.439. The molecule has 1 aromatic carbocycles. The summed E-state index contributed by atoms with van der Waals surface area (Å²) >= 11 is 1.48. The van der Waals surface area contributed by atoms with E-state index in [1.165, 1.54) is 11.8 Å². The minimum Gasteiger partial charge on any atom is -0.497 e. The standard InChI is InChI=1S/C24H28N4O3S/c1-5-28(6-2)22-14-18(11-13-25-22)27-23(29)20-8-7-12-26-24(20)32-16-17-9-10-19(30-3)15-21(17)31-4/h7-15H,5-6,16H2,1-4H3,(H,25,27,29). The molecule has 3 aromatic rings. The lowest BCUT2D eigenvalue weighted by Gasteiger charge is -2.20. The predicted octanol–water partition coefficient (Wildman–Crippen LogP) is 4.88. The fraction of sp³-hybridized carbons (Fsp3) is 0.292. The van der Waals surface area contributed by atoms with Gasteiger partial charge in [-0.25, -0.2) is 9.97 Å². The van der Waals surface area contributed by atoms with Crippen LogP contribution in [0.2, 0.25) is 0 Å². The Morgan fingerprint density at radius 2 is 1.84 bits per heavy atom. The Morgan fingerprint density at radius 3 is 2.56 bits per heavy atom. The van der Waals surface area contributed by atoms with Crippen molar-refractivity contribution < 1.29 is 14.3 Å². The summed E-state index contributed by atoms with van der Waals surface area (Å²) in [5, 5.41) is 3.63. The van der Waals surface area contributed by atoms with Crippen LogP contribution in [0.15, 0.2) is 59.9 Å². The number of nitrogens with zero attached hydrogens (tertiary/aromatic N) is 3. The fourth-order valence-electron chi connectivity index (χ4n) is 3.21. The molecule has 3 rings (SSSR count). The number of methoxy groups -OCH3 is 2. The second-order valence-electron chi connectivity index (χ2n) is 6.85. The molecule has 0 aliphatic rings. The van der Waals surface area contributed by atoms with Crippen LogP contribution in [0.3, 0.4) is 0 Å². The van der Waals surface area contributed by atoms with Crippen molar-refractivity contribution in [3.05, 3.63) is 66.0 Å². The first-order valence-electron chi connectivity index (χ1n) is 10.4. The lowest BCUT2D eigenvalue weighted by atomic mass is 10.2. The number of nitrogens with one attached hydrogen (secondary N) is 1. The van der Waals surface area contributed by atoms with Crippen molar-refractivity contribution in [1.29, 1.82) is 0 Å². The Labute approximate surface area is 193 Å². The second-order valence-corrected chi connectivity index (χ2v) is 7.82. The zero-order valence-corrected chi connectivity index (χ0v) is 19.6. The third kappa shape index (κ3) is 5.70. The van der Waals surface area contributed by atoms with Gasteiger partial charge in [0.25, 0.3) is 5.91 Å². The minimum absolute atomic E-state index is 0.209. The van der Waals surface area contributed by atoms with Crippen LogP contribution in [0.5, 0.6) is 11.5 Å². The Hall–Kier alpha value is -3.26. The normalized spacial score (nSPS) is 10.5. The maximum atomic E-state index is 13.0. The lowest BCUT2D eigenvalue weighted by molar-refractivity contribution is 0.102. The van der Waals surface area contributed by atoms with Crippen molar-refractivity contribution in [3.63, 3.8) is 0 Å². The van der Waals surface area contributed by atoms with Gasteiger partial charge in [0.2, 0.25) is 0 Å². The number of rotatable bonds is 10. The molecule has 2 heterocycles. The lowest BCUT2D eigenvalue weighted by Crippen LogP contribution is -2.23. The van der Waals surface area contributed by atoms with Gasteiger partial charge in [-0.05, 0) is 38.1 Å². The van der Waals surface area contributed by atoms with Crippen LogP contribution in [0.25, 0.3) is 0 Å².